The molecule has 1 heterocycles. The number of amides is 2. The van der Waals surface area contributed by atoms with Crippen LogP contribution < -0.4 is 10.2 Å². The molecule has 2 aromatic carbocycles. The van der Waals surface area contributed by atoms with Gasteiger partial charge >= 0.3 is 0 Å². The van der Waals surface area contributed by atoms with Crippen LogP contribution in [0.5, 0.6) is 0 Å². The van der Waals surface area contributed by atoms with E-state index in [-0.39, 0.29) is 24.1 Å². The molecule has 2 amide bonds. The molecule has 2 aromatic rings. The van der Waals surface area contributed by atoms with E-state index in [1.165, 1.54) is 24.3 Å². The lowest BCUT2D eigenvalue weighted by Crippen LogP contribution is -2.35. The van der Waals surface area contributed by atoms with Gasteiger partial charge in [-0.05, 0) is 36.4 Å². The Morgan fingerprint density at radius 2 is 1.77 bits per heavy atom. The van der Waals surface area contributed by atoms with Crippen LogP contribution in [0.1, 0.15) is 6.42 Å². The zero-order valence-corrected chi connectivity index (χ0v) is 12.2. The highest BCUT2D eigenvalue weighted by molar-refractivity contribution is 6.36. The van der Waals surface area contributed by atoms with E-state index in [9.17, 15) is 14.0 Å². The number of nitrogens with one attached hydrogen (secondary N) is 1. The summed E-state index contributed by atoms with van der Waals surface area (Å²) in [5.41, 5.74) is 0.955. The van der Waals surface area contributed by atoms with E-state index in [2.05, 4.69) is 5.32 Å². The van der Waals surface area contributed by atoms with Crippen LogP contribution >= 0.6 is 11.6 Å². The summed E-state index contributed by atoms with van der Waals surface area (Å²) >= 11 is 6.05. The van der Waals surface area contributed by atoms with Crippen molar-refractivity contribution in [3.8, 4) is 0 Å². The van der Waals surface area contributed by atoms with Crippen LogP contribution in [0.3, 0.4) is 0 Å². The first-order chi connectivity index (χ1) is 10.6. The summed E-state index contributed by atoms with van der Waals surface area (Å²) in [5.74, 6) is -1.06. The molecule has 1 aliphatic rings. The van der Waals surface area contributed by atoms with Crippen LogP contribution in [0.2, 0.25) is 5.02 Å². The number of anilines is 2. The predicted molar refractivity (Wildman–Crippen MR) is 82.4 cm³/mol. The lowest BCUT2D eigenvalue weighted by atomic mass is 10.2. The van der Waals surface area contributed by atoms with E-state index in [4.69, 9.17) is 11.6 Å². The van der Waals surface area contributed by atoms with Crippen LogP contribution in [-0.4, -0.2) is 17.9 Å². The molecule has 0 bridgehead atoms. The maximum atomic E-state index is 12.9. The number of rotatable bonds is 3. The highest BCUT2D eigenvalue weighted by Crippen LogP contribution is 2.30. The monoisotopic (exact) mass is 318 g/mol. The fourth-order valence-corrected chi connectivity index (χ4v) is 2.60. The third kappa shape index (κ3) is 2.67. The number of benzene rings is 2. The van der Waals surface area contributed by atoms with Crippen molar-refractivity contribution >= 4 is 34.8 Å². The smallest absolute Gasteiger partial charge is 0.256 e. The average molecular weight is 319 g/mol. The second-order valence-corrected chi connectivity index (χ2v) is 5.33. The Labute approximate surface area is 131 Å². The molecule has 0 aliphatic carbocycles. The standard InChI is InChI=1S/C16H12ClFN2O2/c17-12-3-1-2-4-14(12)20-15(21)9-13(16(20)22)19-11-7-5-10(18)6-8-11/h1-8,13,19H,9H2/t13-/m1/s1. The Balaban J connectivity index is 1.82. The normalized spacial score (nSPS) is 17.9. The second-order valence-electron chi connectivity index (χ2n) is 4.93. The Kier molecular flexibility index (Phi) is 3.81. The molecule has 6 heteroatoms. The lowest BCUT2D eigenvalue weighted by molar-refractivity contribution is -0.121. The summed E-state index contributed by atoms with van der Waals surface area (Å²) in [6.07, 6.45) is 0.0292. The third-order valence-electron chi connectivity index (χ3n) is 3.43. The van der Waals surface area contributed by atoms with Crippen LogP contribution in [0, 0.1) is 5.82 Å². The highest BCUT2D eigenvalue weighted by atomic mass is 35.5. The molecule has 112 valence electrons. The van der Waals surface area contributed by atoms with Crippen LogP contribution in [-0.2, 0) is 9.59 Å². The summed E-state index contributed by atoms with van der Waals surface area (Å²) in [6.45, 7) is 0. The molecule has 4 nitrogen and oxygen atoms in total. The van der Waals surface area contributed by atoms with Crippen molar-refractivity contribution in [1.82, 2.24) is 0 Å². The van der Waals surface area contributed by atoms with Gasteiger partial charge in [0, 0.05) is 5.69 Å². The van der Waals surface area contributed by atoms with Gasteiger partial charge in [0.15, 0.2) is 0 Å². The van der Waals surface area contributed by atoms with Crippen molar-refractivity contribution < 1.29 is 14.0 Å². The van der Waals surface area contributed by atoms with E-state index in [0.717, 1.165) is 4.90 Å². The molecular weight excluding hydrogens is 307 g/mol. The first kappa shape index (κ1) is 14.5. The van der Waals surface area contributed by atoms with E-state index in [1.807, 2.05) is 0 Å². The summed E-state index contributed by atoms with van der Waals surface area (Å²) in [7, 11) is 0. The van der Waals surface area contributed by atoms with Gasteiger partial charge in [0.05, 0.1) is 17.1 Å². The van der Waals surface area contributed by atoms with Gasteiger partial charge in [-0.1, -0.05) is 23.7 Å². The average Bonchev–Trinajstić information content (AvgIpc) is 2.77. The Bertz CT molecular complexity index is 733. The van der Waals surface area contributed by atoms with Crippen molar-refractivity contribution in [2.45, 2.75) is 12.5 Å². The van der Waals surface area contributed by atoms with Gasteiger partial charge in [-0.15, -0.1) is 0 Å². The highest BCUT2D eigenvalue weighted by Gasteiger charge is 2.40. The minimum absolute atomic E-state index is 0.0292. The Morgan fingerprint density at radius 3 is 2.45 bits per heavy atom. The molecule has 1 N–H and O–H groups in total. The molecular formula is C16H12ClFN2O2. The van der Waals surface area contributed by atoms with E-state index >= 15 is 0 Å². The van der Waals surface area contributed by atoms with E-state index in [1.54, 1.807) is 24.3 Å². The summed E-state index contributed by atoms with van der Waals surface area (Å²) in [4.78, 5) is 25.7. The maximum absolute atomic E-state index is 12.9. The largest absolute Gasteiger partial charge is 0.373 e. The molecule has 22 heavy (non-hydrogen) atoms. The third-order valence-corrected chi connectivity index (χ3v) is 3.74. The van der Waals surface area contributed by atoms with Gasteiger partial charge in [-0.3, -0.25) is 9.59 Å². The van der Waals surface area contributed by atoms with Crippen molar-refractivity contribution in [2.75, 3.05) is 10.2 Å². The maximum Gasteiger partial charge on any atom is 0.256 e. The fourth-order valence-electron chi connectivity index (χ4n) is 2.38. The van der Waals surface area contributed by atoms with Gasteiger partial charge in [-0.25, -0.2) is 9.29 Å². The molecule has 0 radical (unpaired) electrons. The van der Waals surface area contributed by atoms with Crippen LogP contribution in [0.25, 0.3) is 0 Å². The lowest BCUT2D eigenvalue weighted by Gasteiger charge is -2.17. The topological polar surface area (TPSA) is 49.4 Å². The molecule has 1 saturated heterocycles. The minimum Gasteiger partial charge on any atom is -0.373 e. The predicted octanol–water partition coefficient (Wildman–Crippen LogP) is 3.22. The second kappa shape index (κ2) is 5.77. The number of hydrogen-bond acceptors (Lipinski definition) is 3. The molecule has 0 unspecified atom stereocenters. The number of hydrogen-bond donors (Lipinski definition) is 1. The first-order valence-electron chi connectivity index (χ1n) is 6.69. The molecule has 0 spiro atoms. The number of para-hydroxylation sites is 1. The zero-order valence-electron chi connectivity index (χ0n) is 11.4. The Hall–Kier alpha value is -2.40. The van der Waals surface area contributed by atoms with Crippen molar-refractivity contribution in [3.05, 3.63) is 59.4 Å². The van der Waals surface area contributed by atoms with Crippen LogP contribution in [0.4, 0.5) is 15.8 Å². The molecule has 3 rings (SSSR count). The summed E-state index contributed by atoms with van der Waals surface area (Å²) in [6, 6.07) is 11.6. The number of carbonyl (C=O) groups excluding carboxylic acids is 2. The minimum atomic E-state index is -0.686. The fraction of sp³-hybridized carbons (Fsp3) is 0.125. The van der Waals surface area contributed by atoms with Crippen molar-refractivity contribution in [3.63, 3.8) is 0 Å². The van der Waals surface area contributed by atoms with Crippen LogP contribution in [0.15, 0.2) is 48.5 Å². The van der Waals surface area contributed by atoms with Crippen molar-refractivity contribution in [1.29, 1.82) is 0 Å². The molecule has 0 saturated carbocycles. The SMILES string of the molecule is O=C1C[C@@H](Nc2ccc(F)cc2)C(=O)N1c1ccccc1Cl. The van der Waals surface area contributed by atoms with E-state index in [0.29, 0.717) is 16.4 Å². The number of nitrogens with zero attached hydrogens (tertiary/aromatic N) is 1. The van der Waals surface area contributed by atoms with Gasteiger partial charge < -0.3 is 5.32 Å². The van der Waals surface area contributed by atoms with E-state index < -0.39 is 6.04 Å². The molecule has 1 fully saturated rings. The first-order valence-corrected chi connectivity index (χ1v) is 7.07. The van der Waals surface area contributed by atoms with Gasteiger partial charge in [-0.2, -0.15) is 0 Å². The van der Waals surface area contributed by atoms with Gasteiger partial charge in [0.2, 0.25) is 5.91 Å². The Morgan fingerprint density at radius 1 is 1.09 bits per heavy atom. The van der Waals surface area contributed by atoms with Gasteiger partial charge in [0.1, 0.15) is 11.9 Å². The molecule has 1 atom stereocenters. The summed E-state index contributed by atoms with van der Waals surface area (Å²) in [5, 5.41) is 3.29. The molecule has 1 aliphatic heterocycles. The number of imide groups is 1. The van der Waals surface area contributed by atoms with Crippen molar-refractivity contribution in [2.24, 2.45) is 0 Å². The van der Waals surface area contributed by atoms with Gasteiger partial charge in [0.25, 0.3) is 5.91 Å². The zero-order chi connectivity index (χ0) is 15.7. The quantitative estimate of drug-likeness (QED) is 0.884. The number of halogens is 2. The molecule has 0 aromatic heterocycles. The summed E-state index contributed by atoms with van der Waals surface area (Å²) < 4.78 is 12.9. The number of carbonyl (C=O) groups is 2.